The minimum absolute atomic E-state index is 0.634. The van der Waals surface area contributed by atoms with Crippen LogP contribution in [0.15, 0.2) is 18.2 Å². The minimum Gasteiger partial charge on any atom is -0.492 e. The van der Waals surface area contributed by atoms with E-state index in [1.165, 1.54) is 0 Å². The second-order valence-electron chi connectivity index (χ2n) is 5.22. The van der Waals surface area contributed by atoms with Crippen LogP contribution in [0.1, 0.15) is 6.92 Å². The molecule has 1 aliphatic rings. The Morgan fingerprint density at radius 1 is 1.25 bits per heavy atom. The van der Waals surface area contributed by atoms with Gasteiger partial charge in [-0.3, -0.25) is 4.90 Å². The summed E-state index contributed by atoms with van der Waals surface area (Å²) in [6, 6.07) is 5.88. The van der Waals surface area contributed by atoms with Crippen LogP contribution in [0.2, 0.25) is 0 Å². The molecule has 2 rings (SSSR count). The molecule has 0 amide bonds. The van der Waals surface area contributed by atoms with Gasteiger partial charge in [-0.25, -0.2) is 0 Å². The van der Waals surface area contributed by atoms with Crippen LogP contribution in [0.3, 0.4) is 0 Å². The molecule has 0 aliphatic carbocycles. The first-order valence-electron chi connectivity index (χ1n) is 7.36. The van der Waals surface area contributed by atoms with Gasteiger partial charge in [0.25, 0.3) is 0 Å². The third-order valence-corrected chi connectivity index (χ3v) is 3.71. The number of nitrogens with one attached hydrogen (secondary N) is 1. The van der Waals surface area contributed by atoms with Crippen LogP contribution < -0.4 is 15.8 Å². The fraction of sp³-hybridized carbons (Fsp3) is 0.600. The zero-order chi connectivity index (χ0) is 14.4. The van der Waals surface area contributed by atoms with Crippen LogP contribution in [0.5, 0.6) is 5.75 Å². The summed E-state index contributed by atoms with van der Waals surface area (Å²) in [5.41, 5.74) is 7.76. The predicted octanol–water partition coefficient (Wildman–Crippen LogP) is 1.33. The average molecular weight is 278 g/mol. The highest BCUT2D eigenvalue weighted by Gasteiger charge is 2.13. The van der Waals surface area contributed by atoms with Crippen molar-refractivity contribution in [3.05, 3.63) is 18.2 Å². The Morgan fingerprint density at radius 3 is 2.70 bits per heavy atom. The Morgan fingerprint density at radius 2 is 2.00 bits per heavy atom. The molecule has 0 aromatic heterocycles. The first kappa shape index (κ1) is 14.9. The summed E-state index contributed by atoms with van der Waals surface area (Å²) in [7, 11) is 2.18. The van der Waals surface area contributed by atoms with E-state index >= 15 is 0 Å². The fourth-order valence-electron chi connectivity index (χ4n) is 2.40. The van der Waals surface area contributed by atoms with Gasteiger partial charge < -0.3 is 20.7 Å². The number of rotatable bonds is 6. The third-order valence-electron chi connectivity index (χ3n) is 3.71. The molecule has 5 nitrogen and oxygen atoms in total. The molecule has 1 saturated heterocycles. The van der Waals surface area contributed by atoms with E-state index in [4.69, 9.17) is 10.5 Å². The van der Waals surface area contributed by atoms with Crippen LogP contribution in [0, 0.1) is 0 Å². The highest BCUT2D eigenvalue weighted by Crippen LogP contribution is 2.29. The summed E-state index contributed by atoms with van der Waals surface area (Å²) in [5, 5.41) is 3.41. The predicted molar refractivity (Wildman–Crippen MR) is 84.5 cm³/mol. The third kappa shape index (κ3) is 4.02. The van der Waals surface area contributed by atoms with Gasteiger partial charge in [-0.1, -0.05) is 6.07 Å². The molecule has 1 aliphatic heterocycles. The largest absolute Gasteiger partial charge is 0.492 e. The lowest BCUT2D eigenvalue weighted by Gasteiger charge is -2.32. The monoisotopic (exact) mass is 278 g/mol. The van der Waals surface area contributed by atoms with Crippen molar-refractivity contribution in [3.63, 3.8) is 0 Å². The Balaban J connectivity index is 1.80. The molecule has 5 heteroatoms. The van der Waals surface area contributed by atoms with Crippen molar-refractivity contribution in [2.24, 2.45) is 0 Å². The van der Waals surface area contributed by atoms with Gasteiger partial charge in [0.05, 0.1) is 18.0 Å². The van der Waals surface area contributed by atoms with Gasteiger partial charge in [-0.2, -0.15) is 0 Å². The first-order valence-corrected chi connectivity index (χ1v) is 7.36. The van der Waals surface area contributed by atoms with E-state index in [2.05, 4.69) is 22.2 Å². The number of nitrogen functional groups attached to an aromatic ring is 1. The number of para-hydroxylation sites is 1. The molecule has 1 aromatic rings. The van der Waals surface area contributed by atoms with Crippen LogP contribution in [-0.4, -0.2) is 62.7 Å². The molecular weight excluding hydrogens is 252 g/mol. The first-order chi connectivity index (χ1) is 9.70. The van der Waals surface area contributed by atoms with Crippen molar-refractivity contribution in [3.8, 4) is 5.75 Å². The van der Waals surface area contributed by atoms with Gasteiger partial charge in [-0.15, -0.1) is 0 Å². The Hall–Kier alpha value is -1.46. The maximum Gasteiger partial charge on any atom is 0.144 e. The fourth-order valence-corrected chi connectivity index (χ4v) is 2.40. The quantitative estimate of drug-likeness (QED) is 0.769. The molecule has 0 atom stereocenters. The van der Waals surface area contributed by atoms with E-state index in [9.17, 15) is 0 Å². The molecule has 112 valence electrons. The van der Waals surface area contributed by atoms with Gasteiger partial charge in [0.15, 0.2) is 0 Å². The number of piperazine rings is 1. The zero-order valence-electron chi connectivity index (χ0n) is 12.6. The van der Waals surface area contributed by atoms with E-state index in [1.807, 2.05) is 25.1 Å². The highest BCUT2D eigenvalue weighted by atomic mass is 16.5. The van der Waals surface area contributed by atoms with E-state index in [0.29, 0.717) is 12.3 Å². The second-order valence-corrected chi connectivity index (χ2v) is 5.22. The summed E-state index contributed by atoms with van der Waals surface area (Å²) >= 11 is 0. The molecule has 3 N–H and O–H groups in total. The SMILES string of the molecule is CCOc1cccc(NCCN2CCN(C)CC2)c1N. The molecular formula is C15H26N4O. The highest BCUT2D eigenvalue weighted by molar-refractivity contribution is 5.72. The maximum atomic E-state index is 6.10. The standard InChI is InChI=1S/C15H26N4O/c1-3-20-14-6-4-5-13(15(14)16)17-7-8-19-11-9-18(2)10-12-19/h4-6,17H,3,7-12,16H2,1-2H3. The number of nitrogens with zero attached hydrogens (tertiary/aromatic N) is 2. The van der Waals surface area contributed by atoms with Crippen molar-refractivity contribution in [1.82, 2.24) is 9.80 Å². The van der Waals surface area contributed by atoms with E-state index in [1.54, 1.807) is 0 Å². The summed E-state index contributed by atoms with van der Waals surface area (Å²) in [5.74, 6) is 0.761. The molecule has 1 aromatic carbocycles. The molecule has 0 spiro atoms. The van der Waals surface area contributed by atoms with Crippen molar-refractivity contribution >= 4 is 11.4 Å². The number of hydrogen-bond donors (Lipinski definition) is 2. The summed E-state index contributed by atoms with van der Waals surface area (Å²) in [6.45, 7) is 9.15. The molecule has 0 bridgehead atoms. The molecule has 20 heavy (non-hydrogen) atoms. The summed E-state index contributed by atoms with van der Waals surface area (Å²) < 4.78 is 5.50. The van der Waals surface area contributed by atoms with Crippen molar-refractivity contribution in [2.75, 3.05) is 64.0 Å². The number of nitrogens with two attached hydrogens (primary N) is 1. The number of ether oxygens (including phenoxy) is 1. The molecule has 0 saturated carbocycles. The van der Waals surface area contributed by atoms with Crippen molar-refractivity contribution < 1.29 is 4.74 Å². The molecule has 0 unspecified atom stereocenters. The number of likely N-dealkylation sites (N-methyl/N-ethyl adjacent to an activating group) is 1. The van der Waals surface area contributed by atoms with Crippen LogP contribution in [-0.2, 0) is 0 Å². The van der Waals surface area contributed by atoms with Gasteiger partial charge >= 0.3 is 0 Å². The maximum absolute atomic E-state index is 6.10. The van der Waals surface area contributed by atoms with Crippen LogP contribution in [0.25, 0.3) is 0 Å². The summed E-state index contributed by atoms with van der Waals surface area (Å²) in [4.78, 5) is 4.85. The lowest BCUT2D eigenvalue weighted by atomic mass is 10.2. The Labute approximate surface area is 121 Å². The number of hydrogen-bond acceptors (Lipinski definition) is 5. The van der Waals surface area contributed by atoms with E-state index in [-0.39, 0.29) is 0 Å². The average Bonchev–Trinajstić information content (AvgIpc) is 2.45. The number of anilines is 2. The van der Waals surface area contributed by atoms with Gasteiger partial charge in [0.2, 0.25) is 0 Å². The number of benzene rings is 1. The topological polar surface area (TPSA) is 53.8 Å². The second kappa shape index (κ2) is 7.36. The van der Waals surface area contributed by atoms with Crippen LogP contribution in [0.4, 0.5) is 11.4 Å². The van der Waals surface area contributed by atoms with Gasteiger partial charge in [0.1, 0.15) is 5.75 Å². The zero-order valence-corrected chi connectivity index (χ0v) is 12.6. The Kier molecular flexibility index (Phi) is 5.49. The normalized spacial score (nSPS) is 17.1. The lowest BCUT2D eigenvalue weighted by molar-refractivity contribution is 0.158. The van der Waals surface area contributed by atoms with Gasteiger partial charge in [-0.05, 0) is 26.1 Å². The lowest BCUT2D eigenvalue weighted by Crippen LogP contribution is -2.45. The molecule has 1 heterocycles. The van der Waals surface area contributed by atoms with Crippen LogP contribution >= 0.6 is 0 Å². The van der Waals surface area contributed by atoms with Gasteiger partial charge in [0, 0.05) is 39.3 Å². The summed E-state index contributed by atoms with van der Waals surface area (Å²) in [6.07, 6.45) is 0. The Bertz CT molecular complexity index is 416. The van der Waals surface area contributed by atoms with Crippen molar-refractivity contribution in [2.45, 2.75) is 6.92 Å². The van der Waals surface area contributed by atoms with E-state index in [0.717, 1.165) is 50.7 Å². The molecule has 1 fully saturated rings. The molecule has 0 radical (unpaired) electrons. The smallest absolute Gasteiger partial charge is 0.144 e. The van der Waals surface area contributed by atoms with Crippen molar-refractivity contribution in [1.29, 1.82) is 0 Å². The minimum atomic E-state index is 0.634. The van der Waals surface area contributed by atoms with E-state index < -0.39 is 0 Å².